The Morgan fingerprint density at radius 1 is 1.19 bits per heavy atom. The molecular weight excluding hydrogens is 262 g/mol. The number of amides is 1. The van der Waals surface area contributed by atoms with Gasteiger partial charge in [-0.15, -0.1) is 0 Å². The third kappa shape index (κ3) is 2.62. The minimum Gasteiger partial charge on any atom is -0.394 e. The van der Waals surface area contributed by atoms with Crippen molar-refractivity contribution in [2.45, 2.75) is 71.8 Å². The first-order chi connectivity index (χ1) is 9.68. The molecule has 1 amide bonds. The summed E-state index contributed by atoms with van der Waals surface area (Å²) in [5.74, 6) is 1.07. The van der Waals surface area contributed by atoms with E-state index in [9.17, 15) is 9.90 Å². The maximum atomic E-state index is 12.7. The van der Waals surface area contributed by atoms with Crippen molar-refractivity contribution in [3.63, 3.8) is 0 Å². The lowest BCUT2D eigenvalue weighted by Crippen LogP contribution is -2.56. The van der Waals surface area contributed by atoms with Gasteiger partial charge in [0, 0.05) is 13.5 Å². The van der Waals surface area contributed by atoms with Gasteiger partial charge in [-0.25, -0.2) is 0 Å². The van der Waals surface area contributed by atoms with Gasteiger partial charge in [0.1, 0.15) is 0 Å². The molecule has 4 saturated carbocycles. The molecule has 3 atom stereocenters. The van der Waals surface area contributed by atoms with E-state index in [2.05, 4.69) is 13.8 Å². The summed E-state index contributed by atoms with van der Waals surface area (Å²) in [6.07, 6.45) is 8.53. The zero-order valence-corrected chi connectivity index (χ0v) is 14.1. The normalized spacial score (nSPS) is 45.7. The lowest BCUT2D eigenvalue weighted by atomic mass is 9.40. The van der Waals surface area contributed by atoms with Gasteiger partial charge in [0.25, 0.3) is 0 Å². The molecule has 21 heavy (non-hydrogen) atoms. The minimum atomic E-state index is -0.0717. The molecule has 0 aromatic rings. The second-order valence-electron chi connectivity index (χ2n) is 9.34. The van der Waals surface area contributed by atoms with Crippen molar-refractivity contribution >= 4 is 5.91 Å². The first-order valence-electron chi connectivity index (χ1n) is 8.55. The SMILES string of the molecule is CC(CO)N(C)C(=O)CC12CC3CC(C)(CC(C)(C3)C1)C2. The number of aliphatic hydroxyl groups excluding tert-OH is 1. The van der Waals surface area contributed by atoms with Gasteiger partial charge < -0.3 is 10.0 Å². The number of hydrogen-bond donors (Lipinski definition) is 1. The monoisotopic (exact) mass is 293 g/mol. The molecule has 4 aliphatic carbocycles. The number of carbonyl (C=O) groups excluding carboxylic acids is 1. The van der Waals surface area contributed by atoms with Crippen LogP contribution in [0.2, 0.25) is 0 Å². The summed E-state index contributed by atoms with van der Waals surface area (Å²) in [4.78, 5) is 14.4. The molecule has 1 N–H and O–H groups in total. The number of carbonyl (C=O) groups is 1. The fourth-order valence-electron chi connectivity index (χ4n) is 6.70. The van der Waals surface area contributed by atoms with E-state index in [1.807, 2.05) is 14.0 Å². The highest BCUT2D eigenvalue weighted by Gasteiger charge is 2.60. The van der Waals surface area contributed by atoms with Crippen molar-refractivity contribution in [3.8, 4) is 0 Å². The molecular formula is C18H31NO2. The van der Waals surface area contributed by atoms with E-state index in [0.717, 1.165) is 5.92 Å². The fraction of sp³-hybridized carbons (Fsp3) is 0.944. The topological polar surface area (TPSA) is 40.5 Å². The molecule has 0 aromatic carbocycles. The number of rotatable bonds is 4. The Morgan fingerprint density at radius 2 is 1.76 bits per heavy atom. The molecule has 0 aliphatic heterocycles. The van der Waals surface area contributed by atoms with Crippen LogP contribution in [0.1, 0.15) is 65.7 Å². The standard InChI is InChI=1S/C18H31NO2/c1-13(9-20)19(4)15(21)8-18-7-14-5-16(2,11-18)10-17(3,6-14)12-18/h13-14,20H,5-12H2,1-4H3. The van der Waals surface area contributed by atoms with Crippen LogP contribution in [0.3, 0.4) is 0 Å². The molecule has 4 fully saturated rings. The highest BCUT2D eigenvalue weighted by atomic mass is 16.3. The second kappa shape index (κ2) is 4.71. The smallest absolute Gasteiger partial charge is 0.223 e. The fourth-order valence-corrected chi connectivity index (χ4v) is 6.70. The Bertz CT molecular complexity index is 428. The van der Waals surface area contributed by atoms with Gasteiger partial charge in [0.2, 0.25) is 5.91 Å². The van der Waals surface area contributed by atoms with Crippen molar-refractivity contribution in [3.05, 3.63) is 0 Å². The molecule has 3 nitrogen and oxygen atoms in total. The van der Waals surface area contributed by atoms with E-state index < -0.39 is 0 Å². The third-order valence-corrected chi connectivity index (χ3v) is 6.59. The van der Waals surface area contributed by atoms with Gasteiger partial charge in [0.15, 0.2) is 0 Å². The molecule has 3 heteroatoms. The molecule has 4 bridgehead atoms. The molecule has 0 radical (unpaired) electrons. The summed E-state index contributed by atoms with van der Waals surface area (Å²) in [6.45, 7) is 6.87. The Balaban J connectivity index is 1.77. The molecule has 0 saturated heterocycles. The van der Waals surface area contributed by atoms with Gasteiger partial charge in [-0.2, -0.15) is 0 Å². The van der Waals surface area contributed by atoms with Crippen LogP contribution in [0.15, 0.2) is 0 Å². The summed E-state index contributed by atoms with van der Waals surface area (Å²) >= 11 is 0. The largest absolute Gasteiger partial charge is 0.394 e. The van der Waals surface area contributed by atoms with Crippen LogP contribution in [-0.4, -0.2) is 35.6 Å². The van der Waals surface area contributed by atoms with Gasteiger partial charge in [-0.05, 0) is 67.6 Å². The minimum absolute atomic E-state index is 0.0489. The molecule has 0 heterocycles. The van der Waals surface area contributed by atoms with Gasteiger partial charge in [-0.1, -0.05) is 13.8 Å². The van der Waals surface area contributed by atoms with Crippen LogP contribution >= 0.6 is 0 Å². The Morgan fingerprint density at radius 3 is 2.24 bits per heavy atom. The van der Waals surface area contributed by atoms with E-state index in [1.165, 1.54) is 38.5 Å². The Kier molecular flexibility index (Phi) is 3.44. The lowest BCUT2D eigenvalue weighted by Gasteiger charge is -2.65. The quantitative estimate of drug-likeness (QED) is 0.864. The van der Waals surface area contributed by atoms with Gasteiger partial charge in [0.05, 0.1) is 12.6 Å². The van der Waals surface area contributed by atoms with Crippen LogP contribution in [-0.2, 0) is 4.79 Å². The molecule has 4 aliphatic rings. The lowest BCUT2D eigenvalue weighted by molar-refractivity contribution is -0.161. The predicted molar refractivity (Wildman–Crippen MR) is 83.8 cm³/mol. The van der Waals surface area contributed by atoms with Crippen LogP contribution in [0, 0.1) is 22.2 Å². The molecule has 120 valence electrons. The first kappa shape index (κ1) is 15.3. The Labute approximate surface area is 129 Å². The van der Waals surface area contributed by atoms with E-state index in [1.54, 1.807) is 4.90 Å². The maximum absolute atomic E-state index is 12.7. The molecule has 4 rings (SSSR count). The first-order valence-corrected chi connectivity index (χ1v) is 8.55. The van der Waals surface area contributed by atoms with E-state index >= 15 is 0 Å². The second-order valence-corrected chi connectivity index (χ2v) is 9.34. The molecule has 3 unspecified atom stereocenters. The van der Waals surface area contributed by atoms with Crippen molar-refractivity contribution < 1.29 is 9.90 Å². The molecule has 0 aromatic heterocycles. The van der Waals surface area contributed by atoms with E-state index in [-0.39, 0.29) is 24.0 Å². The van der Waals surface area contributed by atoms with E-state index in [4.69, 9.17) is 0 Å². The van der Waals surface area contributed by atoms with Crippen molar-refractivity contribution in [2.24, 2.45) is 22.2 Å². The van der Waals surface area contributed by atoms with Crippen LogP contribution in [0.25, 0.3) is 0 Å². The highest BCUT2D eigenvalue weighted by molar-refractivity contribution is 5.77. The summed E-state index contributed by atoms with van der Waals surface area (Å²) in [5, 5.41) is 9.27. The Hall–Kier alpha value is -0.570. The number of aliphatic hydroxyl groups is 1. The number of likely N-dealkylation sites (N-methyl/N-ethyl adjacent to an activating group) is 1. The van der Waals surface area contributed by atoms with Crippen molar-refractivity contribution in [1.29, 1.82) is 0 Å². The average Bonchev–Trinajstić information content (AvgIpc) is 2.31. The van der Waals surface area contributed by atoms with Crippen molar-refractivity contribution in [2.75, 3.05) is 13.7 Å². The number of nitrogens with zero attached hydrogens (tertiary/aromatic N) is 1. The zero-order valence-electron chi connectivity index (χ0n) is 14.1. The number of hydrogen-bond acceptors (Lipinski definition) is 2. The summed E-state index contributed by atoms with van der Waals surface area (Å²) in [6, 6.07) is -0.0717. The van der Waals surface area contributed by atoms with Crippen LogP contribution < -0.4 is 0 Å². The van der Waals surface area contributed by atoms with E-state index in [0.29, 0.717) is 17.3 Å². The van der Waals surface area contributed by atoms with Crippen LogP contribution in [0.5, 0.6) is 0 Å². The predicted octanol–water partition coefficient (Wildman–Crippen LogP) is 3.21. The van der Waals surface area contributed by atoms with Gasteiger partial charge in [-0.3, -0.25) is 4.79 Å². The third-order valence-electron chi connectivity index (χ3n) is 6.59. The zero-order chi connectivity index (χ0) is 15.5. The summed E-state index contributed by atoms with van der Waals surface area (Å²) in [7, 11) is 1.84. The summed E-state index contributed by atoms with van der Waals surface area (Å²) < 4.78 is 0. The maximum Gasteiger partial charge on any atom is 0.223 e. The van der Waals surface area contributed by atoms with Crippen LogP contribution in [0.4, 0.5) is 0 Å². The van der Waals surface area contributed by atoms with Crippen molar-refractivity contribution in [1.82, 2.24) is 4.90 Å². The average molecular weight is 293 g/mol. The molecule has 0 spiro atoms. The highest BCUT2D eigenvalue weighted by Crippen LogP contribution is 2.70. The summed E-state index contributed by atoms with van der Waals surface area (Å²) in [5.41, 5.74) is 1.18. The van der Waals surface area contributed by atoms with Gasteiger partial charge >= 0.3 is 0 Å².